The number of nitrogens with one attached hydrogen (secondary N) is 3. The minimum Gasteiger partial charge on any atom is -0.444 e. The lowest BCUT2D eigenvalue weighted by atomic mass is 10.2. The number of aromatic amines is 1. The highest BCUT2D eigenvalue weighted by molar-refractivity contribution is 5.77. The number of carbonyl (C=O) groups excluding carboxylic acids is 2. The van der Waals surface area contributed by atoms with E-state index in [1.807, 2.05) is 31.2 Å². The Bertz CT molecular complexity index is 700. The average molecular weight is 346 g/mol. The Balaban J connectivity index is 1.72. The molecule has 1 aromatic carbocycles. The van der Waals surface area contributed by atoms with E-state index in [0.717, 1.165) is 16.9 Å². The number of fused-ring (bicyclic) bond motifs is 1. The first-order valence-electron chi connectivity index (χ1n) is 8.45. The summed E-state index contributed by atoms with van der Waals surface area (Å²) >= 11 is 0. The zero-order valence-electron chi connectivity index (χ0n) is 15.2. The third-order valence-corrected chi connectivity index (χ3v) is 3.44. The Kier molecular flexibility index (Phi) is 6.01. The van der Waals surface area contributed by atoms with Gasteiger partial charge in [-0.1, -0.05) is 12.1 Å². The molecule has 2 rings (SSSR count). The number of H-pyrrole nitrogens is 1. The molecule has 0 aliphatic heterocycles. The van der Waals surface area contributed by atoms with Gasteiger partial charge in [0.05, 0.1) is 17.1 Å². The van der Waals surface area contributed by atoms with Crippen LogP contribution in [0.3, 0.4) is 0 Å². The fraction of sp³-hybridized carbons (Fsp3) is 0.500. The molecule has 1 atom stereocenters. The molecule has 0 spiro atoms. The molecule has 7 nitrogen and oxygen atoms in total. The van der Waals surface area contributed by atoms with Crippen LogP contribution in [-0.2, 0) is 9.53 Å². The number of hydrogen-bond donors (Lipinski definition) is 3. The SMILES string of the molecule is CC(NC(=O)CCCNC(=O)OC(C)(C)C)c1nc2ccccc2[nH]1. The molecular weight excluding hydrogens is 320 g/mol. The van der Waals surface area contributed by atoms with Gasteiger partial charge in [-0.25, -0.2) is 9.78 Å². The lowest BCUT2D eigenvalue weighted by Gasteiger charge is -2.19. The maximum absolute atomic E-state index is 12.0. The van der Waals surface area contributed by atoms with Crippen molar-refractivity contribution in [3.8, 4) is 0 Å². The normalized spacial score (nSPS) is 12.6. The Hall–Kier alpha value is -2.57. The molecule has 0 fully saturated rings. The van der Waals surface area contributed by atoms with E-state index in [1.54, 1.807) is 20.8 Å². The summed E-state index contributed by atoms with van der Waals surface area (Å²) < 4.78 is 5.13. The van der Waals surface area contributed by atoms with Gasteiger partial charge in [-0.2, -0.15) is 0 Å². The molecule has 3 N–H and O–H groups in total. The Morgan fingerprint density at radius 2 is 2.00 bits per heavy atom. The molecule has 0 aliphatic rings. The van der Waals surface area contributed by atoms with Gasteiger partial charge in [-0.15, -0.1) is 0 Å². The minimum absolute atomic E-state index is 0.0843. The zero-order chi connectivity index (χ0) is 18.4. The van der Waals surface area contributed by atoms with Crippen molar-refractivity contribution in [1.82, 2.24) is 20.6 Å². The van der Waals surface area contributed by atoms with Crippen molar-refractivity contribution >= 4 is 23.0 Å². The lowest BCUT2D eigenvalue weighted by molar-refractivity contribution is -0.121. The molecule has 2 amide bonds. The molecule has 0 bridgehead atoms. The van der Waals surface area contributed by atoms with Crippen molar-refractivity contribution in [3.05, 3.63) is 30.1 Å². The second kappa shape index (κ2) is 8.00. The summed E-state index contributed by atoms with van der Waals surface area (Å²) in [4.78, 5) is 31.2. The van der Waals surface area contributed by atoms with Gasteiger partial charge in [-0.05, 0) is 46.2 Å². The van der Waals surface area contributed by atoms with E-state index in [2.05, 4.69) is 20.6 Å². The number of rotatable bonds is 6. The van der Waals surface area contributed by atoms with Gasteiger partial charge in [0, 0.05) is 13.0 Å². The molecule has 1 unspecified atom stereocenters. The Morgan fingerprint density at radius 1 is 1.28 bits per heavy atom. The number of hydrogen-bond acceptors (Lipinski definition) is 4. The van der Waals surface area contributed by atoms with E-state index < -0.39 is 11.7 Å². The average Bonchev–Trinajstić information content (AvgIpc) is 2.94. The summed E-state index contributed by atoms with van der Waals surface area (Å²) in [5.41, 5.74) is 1.30. The number of amides is 2. The number of para-hydroxylation sites is 2. The molecule has 2 aromatic rings. The van der Waals surface area contributed by atoms with Crippen molar-refractivity contribution in [1.29, 1.82) is 0 Å². The molecule has 136 valence electrons. The van der Waals surface area contributed by atoms with Crippen LogP contribution < -0.4 is 10.6 Å². The van der Waals surface area contributed by atoms with Crippen LogP contribution in [0.15, 0.2) is 24.3 Å². The second-order valence-corrected chi connectivity index (χ2v) is 6.96. The fourth-order valence-electron chi connectivity index (χ4n) is 2.31. The number of alkyl carbamates (subject to hydrolysis) is 1. The van der Waals surface area contributed by atoms with Crippen LogP contribution in [0.4, 0.5) is 4.79 Å². The Labute approximate surface area is 147 Å². The number of benzene rings is 1. The smallest absolute Gasteiger partial charge is 0.407 e. The summed E-state index contributed by atoms with van der Waals surface area (Å²) in [6, 6.07) is 7.52. The first-order valence-corrected chi connectivity index (χ1v) is 8.45. The number of aromatic nitrogens is 2. The highest BCUT2D eigenvalue weighted by Crippen LogP contribution is 2.15. The van der Waals surface area contributed by atoms with Crippen LogP contribution in [0, 0.1) is 0 Å². The molecule has 0 radical (unpaired) electrons. The van der Waals surface area contributed by atoms with E-state index in [9.17, 15) is 9.59 Å². The third-order valence-electron chi connectivity index (χ3n) is 3.44. The molecule has 1 heterocycles. The van der Waals surface area contributed by atoms with Crippen LogP contribution in [0.25, 0.3) is 11.0 Å². The maximum Gasteiger partial charge on any atom is 0.407 e. The quantitative estimate of drug-likeness (QED) is 0.701. The van der Waals surface area contributed by atoms with Gasteiger partial charge in [0.2, 0.25) is 5.91 Å². The summed E-state index contributed by atoms with van der Waals surface area (Å²) in [5.74, 6) is 0.639. The van der Waals surface area contributed by atoms with E-state index in [0.29, 0.717) is 19.4 Å². The highest BCUT2D eigenvalue weighted by Gasteiger charge is 2.16. The van der Waals surface area contributed by atoms with Crippen LogP contribution >= 0.6 is 0 Å². The molecule has 0 saturated heterocycles. The van der Waals surface area contributed by atoms with Crippen molar-refractivity contribution < 1.29 is 14.3 Å². The summed E-state index contributed by atoms with van der Waals surface area (Å²) in [6.07, 6.45) is 0.390. The highest BCUT2D eigenvalue weighted by atomic mass is 16.6. The monoisotopic (exact) mass is 346 g/mol. The summed E-state index contributed by atoms with van der Waals surface area (Å²) in [5, 5.41) is 5.54. The van der Waals surface area contributed by atoms with Crippen molar-refractivity contribution in [3.63, 3.8) is 0 Å². The molecule has 7 heteroatoms. The van der Waals surface area contributed by atoms with Crippen molar-refractivity contribution in [2.45, 2.75) is 52.2 Å². The van der Waals surface area contributed by atoms with Gasteiger partial charge < -0.3 is 20.4 Å². The van der Waals surface area contributed by atoms with E-state index in [1.165, 1.54) is 0 Å². The van der Waals surface area contributed by atoms with Crippen molar-refractivity contribution in [2.24, 2.45) is 0 Å². The van der Waals surface area contributed by atoms with Crippen LogP contribution in [-0.4, -0.2) is 34.1 Å². The number of nitrogens with zero attached hydrogens (tertiary/aromatic N) is 1. The van der Waals surface area contributed by atoms with E-state index in [-0.39, 0.29) is 11.9 Å². The number of imidazole rings is 1. The van der Waals surface area contributed by atoms with E-state index >= 15 is 0 Å². The predicted octanol–water partition coefficient (Wildman–Crippen LogP) is 3.05. The zero-order valence-corrected chi connectivity index (χ0v) is 15.2. The van der Waals surface area contributed by atoms with Gasteiger partial charge in [0.25, 0.3) is 0 Å². The predicted molar refractivity (Wildman–Crippen MR) is 96.1 cm³/mol. The van der Waals surface area contributed by atoms with Crippen LogP contribution in [0.1, 0.15) is 52.4 Å². The van der Waals surface area contributed by atoms with Gasteiger partial charge in [-0.3, -0.25) is 4.79 Å². The Morgan fingerprint density at radius 3 is 2.68 bits per heavy atom. The second-order valence-electron chi connectivity index (χ2n) is 6.96. The van der Waals surface area contributed by atoms with Gasteiger partial charge in [0.15, 0.2) is 0 Å². The largest absolute Gasteiger partial charge is 0.444 e. The molecule has 0 aliphatic carbocycles. The first kappa shape index (κ1) is 18.8. The maximum atomic E-state index is 12.0. The number of ether oxygens (including phenoxy) is 1. The first-order chi connectivity index (χ1) is 11.7. The minimum atomic E-state index is -0.524. The fourth-order valence-corrected chi connectivity index (χ4v) is 2.31. The summed E-state index contributed by atoms with van der Waals surface area (Å²) in [7, 11) is 0. The molecular formula is C18H26N4O3. The number of carbonyl (C=O) groups is 2. The van der Waals surface area contributed by atoms with Gasteiger partial charge >= 0.3 is 6.09 Å². The standard InChI is InChI=1S/C18H26N4O3/c1-12(16-21-13-8-5-6-9-14(13)22-16)20-15(23)10-7-11-19-17(24)25-18(2,3)4/h5-6,8-9,12H,7,10-11H2,1-4H3,(H,19,24)(H,20,23)(H,21,22). The molecule has 1 aromatic heterocycles. The van der Waals surface area contributed by atoms with Gasteiger partial charge in [0.1, 0.15) is 11.4 Å². The molecule has 25 heavy (non-hydrogen) atoms. The summed E-state index contributed by atoms with van der Waals surface area (Å²) in [6.45, 7) is 7.69. The van der Waals surface area contributed by atoms with Crippen molar-refractivity contribution in [2.75, 3.05) is 6.54 Å². The van der Waals surface area contributed by atoms with Crippen LogP contribution in [0.2, 0.25) is 0 Å². The topological polar surface area (TPSA) is 96.1 Å². The third kappa shape index (κ3) is 6.10. The molecule has 0 saturated carbocycles. The van der Waals surface area contributed by atoms with E-state index in [4.69, 9.17) is 4.74 Å². The lowest BCUT2D eigenvalue weighted by Crippen LogP contribution is -2.33. The van der Waals surface area contributed by atoms with Crippen LogP contribution in [0.5, 0.6) is 0 Å².